The van der Waals surface area contributed by atoms with Gasteiger partial charge in [0.15, 0.2) is 0 Å². The molecule has 0 heterocycles. The minimum Gasteiger partial charge on any atom is -0.462 e. The lowest BCUT2D eigenvalue weighted by molar-refractivity contribution is -0.149. The van der Waals surface area contributed by atoms with Gasteiger partial charge in [0.2, 0.25) is 0 Å². The van der Waals surface area contributed by atoms with Crippen LogP contribution in [0.1, 0.15) is 182 Å². The zero-order valence-electron chi connectivity index (χ0n) is 36.9. The van der Waals surface area contributed by atoms with E-state index in [1.54, 1.807) is 0 Å². The molecule has 0 rings (SSSR count). The third-order valence-corrected chi connectivity index (χ3v) is 11.1. The van der Waals surface area contributed by atoms with E-state index >= 15 is 0 Å². The van der Waals surface area contributed by atoms with Gasteiger partial charge in [-0.1, -0.05) is 130 Å². The van der Waals surface area contributed by atoms with E-state index < -0.39 is 0 Å². The fourth-order valence-corrected chi connectivity index (χ4v) is 6.92. The average molecular weight is 738 g/mol. The van der Waals surface area contributed by atoms with Crippen molar-refractivity contribution < 1.29 is 9.53 Å². The van der Waals surface area contributed by atoms with Gasteiger partial charge in [-0.3, -0.25) is 4.79 Å². The minimum absolute atomic E-state index is 0.0166. The van der Waals surface area contributed by atoms with Crippen LogP contribution in [-0.4, -0.2) is 137 Å². The van der Waals surface area contributed by atoms with Crippen molar-refractivity contribution in [2.24, 2.45) is 0 Å². The molecule has 7 nitrogen and oxygen atoms in total. The Hall–Kier alpha value is -0.730. The van der Waals surface area contributed by atoms with Gasteiger partial charge in [-0.15, -0.1) is 0 Å². The second-order valence-electron chi connectivity index (χ2n) is 16.5. The number of unbranched alkanes of at least 4 members (excludes halogenated alkanes) is 17. The highest BCUT2D eigenvalue weighted by atomic mass is 16.5. The highest BCUT2D eigenvalue weighted by molar-refractivity contribution is 5.69. The summed E-state index contributed by atoms with van der Waals surface area (Å²) < 4.78 is 5.73. The molecule has 1 atom stereocenters. The first-order valence-electron chi connectivity index (χ1n) is 22.9. The lowest BCUT2D eigenvalue weighted by atomic mass is 10.1. The predicted octanol–water partition coefficient (Wildman–Crippen LogP) is 10.4. The standard InChI is InChI=1S/C45H95N5O2/c1-9-13-16-19-25-30-35-50(34-29-23-17-14-10-2)43-42-49(8)41-40-48(7)39-38-47(6)37-36-46(5)33-28-24-21-20-22-27-32-45(51)52-44(12-4)31-26-18-15-11-3/h44H,9-43H2,1-8H3. The van der Waals surface area contributed by atoms with Gasteiger partial charge in [-0.2, -0.15) is 0 Å². The monoisotopic (exact) mass is 738 g/mol. The summed E-state index contributed by atoms with van der Waals surface area (Å²) >= 11 is 0. The Kier molecular flexibility index (Phi) is 38.0. The molecule has 0 N–H and O–H groups in total. The molecule has 0 radical (unpaired) electrons. The molecule has 0 aliphatic rings. The van der Waals surface area contributed by atoms with Crippen LogP contribution in [0.4, 0.5) is 0 Å². The Morgan fingerprint density at radius 3 is 1.19 bits per heavy atom. The van der Waals surface area contributed by atoms with E-state index in [0.29, 0.717) is 6.42 Å². The van der Waals surface area contributed by atoms with Crippen LogP contribution in [0.2, 0.25) is 0 Å². The molecular weight excluding hydrogens is 643 g/mol. The Balaban J connectivity index is 3.97. The van der Waals surface area contributed by atoms with Crippen LogP contribution >= 0.6 is 0 Å². The van der Waals surface area contributed by atoms with Crippen molar-refractivity contribution >= 4 is 5.97 Å². The molecule has 0 fully saturated rings. The number of carbonyl (C=O) groups is 1. The Labute approximate surface area is 327 Å². The number of ether oxygens (including phenoxy) is 1. The average Bonchev–Trinajstić information content (AvgIpc) is 3.14. The summed E-state index contributed by atoms with van der Waals surface area (Å²) in [5.41, 5.74) is 0. The first-order chi connectivity index (χ1) is 25.2. The third-order valence-electron chi connectivity index (χ3n) is 11.1. The number of nitrogens with zero attached hydrogens (tertiary/aromatic N) is 5. The summed E-state index contributed by atoms with van der Waals surface area (Å²) in [4.78, 5) is 25.1. The predicted molar refractivity (Wildman–Crippen MR) is 230 cm³/mol. The molecule has 1 unspecified atom stereocenters. The number of likely N-dealkylation sites (N-methyl/N-ethyl adjacent to an activating group) is 4. The van der Waals surface area contributed by atoms with E-state index in [1.165, 1.54) is 155 Å². The number of hydrogen-bond donors (Lipinski definition) is 0. The van der Waals surface area contributed by atoms with Crippen LogP contribution in [0.15, 0.2) is 0 Å². The van der Waals surface area contributed by atoms with Crippen molar-refractivity contribution in [1.82, 2.24) is 24.5 Å². The topological polar surface area (TPSA) is 42.5 Å². The zero-order chi connectivity index (χ0) is 38.5. The summed E-state index contributed by atoms with van der Waals surface area (Å²) in [5.74, 6) is 0.0166. The Bertz CT molecular complexity index is 741. The van der Waals surface area contributed by atoms with Gasteiger partial charge in [-0.25, -0.2) is 0 Å². The second-order valence-corrected chi connectivity index (χ2v) is 16.5. The normalized spacial score (nSPS) is 12.7. The van der Waals surface area contributed by atoms with E-state index in [-0.39, 0.29) is 12.1 Å². The van der Waals surface area contributed by atoms with Crippen molar-refractivity contribution in [1.29, 1.82) is 0 Å². The zero-order valence-corrected chi connectivity index (χ0v) is 36.9. The first-order valence-corrected chi connectivity index (χ1v) is 22.9. The molecule has 52 heavy (non-hydrogen) atoms. The highest BCUT2D eigenvalue weighted by Gasteiger charge is 2.13. The lowest BCUT2D eigenvalue weighted by Crippen LogP contribution is -2.40. The van der Waals surface area contributed by atoms with Crippen LogP contribution < -0.4 is 0 Å². The van der Waals surface area contributed by atoms with Gasteiger partial charge in [0, 0.05) is 58.8 Å². The molecule has 0 amide bonds. The summed E-state index contributed by atoms with van der Waals surface area (Å²) in [6.45, 7) is 22.0. The van der Waals surface area contributed by atoms with Gasteiger partial charge >= 0.3 is 5.97 Å². The van der Waals surface area contributed by atoms with E-state index in [1.807, 2.05) is 0 Å². The summed E-state index contributed by atoms with van der Waals surface area (Å²) in [6, 6.07) is 0. The van der Waals surface area contributed by atoms with Crippen LogP contribution in [0.25, 0.3) is 0 Å². The maximum absolute atomic E-state index is 12.2. The summed E-state index contributed by atoms with van der Waals surface area (Å²) in [7, 11) is 9.16. The molecule has 0 saturated heterocycles. The van der Waals surface area contributed by atoms with E-state index in [2.05, 4.69) is 80.4 Å². The number of rotatable bonds is 41. The first kappa shape index (κ1) is 51.3. The van der Waals surface area contributed by atoms with Gasteiger partial charge in [0.05, 0.1) is 0 Å². The van der Waals surface area contributed by atoms with Gasteiger partial charge < -0.3 is 29.2 Å². The van der Waals surface area contributed by atoms with Crippen LogP contribution in [0.5, 0.6) is 0 Å². The fraction of sp³-hybridized carbons (Fsp3) is 0.978. The third kappa shape index (κ3) is 35.0. The van der Waals surface area contributed by atoms with Crippen LogP contribution in [0, 0.1) is 0 Å². The van der Waals surface area contributed by atoms with Crippen molar-refractivity contribution in [2.45, 2.75) is 188 Å². The van der Waals surface area contributed by atoms with Gasteiger partial charge in [-0.05, 0) is 92.8 Å². The van der Waals surface area contributed by atoms with E-state index in [0.717, 1.165) is 65.0 Å². The van der Waals surface area contributed by atoms with Gasteiger partial charge in [0.25, 0.3) is 0 Å². The van der Waals surface area contributed by atoms with Crippen molar-refractivity contribution in [2.75, 3.05) is 100 Å². The SMILES string of the molecule is CCCCCCCCN(CCCCCCC)CCN(C)CCN(C)CCN(C)CCN(C)CCCCCCCCC(=O)OC(CC)CCCCCC. The molecule has 7 heteroatoms. The molecule has 312 valence electrons. The Morgan fingerprint density at radius 1 is 0.404 bits per heavy atom. The number of carbonyl (C=O) groups excluding carboxylic acids is 1. The summed E-state index contributed by atoms with van der Waals surface area (Å²) in [5, 5.41) is 0. The maximum atomic E-state index is 12.2. The maximum Gasteiger partial charge on any atom is 0.306 e. The van der Waals surface area contributed by atoms with E-state index in [9.17, 15) is 4.79 Å². The number of hydrogen-bond acceptors (Lipinski definition) is 7. The molecule has 0 aromatic carbocycles. The number of esters is 1. The smallest absolute Gasteiger partial charge is 0.306 e. The lowest BCUT2D eigenvalue weighted by Gasteiger charge is -2.28. The molecule has 0 aromatic heterocycles. The van der Waals surface area contributed by atoms with E-state index in [4.69, 9.17) is 4.74 Å². The van der Waals surface area contributed by atoms with Gasteiger partial charge in [0.1, 0.15) is 6.10 Å². The molecule has 0 aliphatic carbocycles. The Morgan fingerprint density at radius 2 is 0.750 bits per heavy atom. The van der Waals surface area contributed by atoms with Crippen molar-refractivity contribution in [3.05, 3.63) is 0 Å². The molecule has 0 bridgehead atoms. The summed E-state index contributed by atoms with van der Waals surface area (Å²) in [6.07, 6.45) is 30.1. The minimum atomic E-state index is 0.0166. The van der Waals surface area contributed by atoms with Crippen LogP contribution in [0.3, 0.4) is 0 Å². The molecule has 0 aliphatic heterocycles. The highest BCUT2D eigenvalue weighted by Crippen LogP contribution is 2.14. The van der Waals surface area contributed by atoms with Crippen LogP contribution in [-0.2, 0) is 9.53 Å². The van der Waals surface area contributed by atoms with Crippen molar-refractivity contribution in [3.63, 3.8) is 0 Å². The molecule has 0 spiro atoms. The largest absolute Gasteiger partial charge is 0.462 e. The fourth-order valence-electron chi connectivity index (χ4n) is 6.92. The molecule has 0 saturated carbocycles. The van der Waals surface area contributed by atoms with Crippen molar-refractivity contribution in [3.8, 4) is 0 Å². The quantitative estimate of drug-likeness (QED) is 0.0457. The molecule has 0 aromatic rings. The molecular formula is C45H95N5O2. The second kappa shape index (κ2) is 38.5.